The van der Waals surface area contributed by atoms with Gasteiger partial charge in [-0.25, -0.2) is 0 Å². The first kappa shape index (κ1) is 21.9. The molecule has 0 spiro atoms. The van der Waals surface area contributed by atoms with Crippen molar-refractivity contribution in [3.8, 4) is 0 Å². The maximum Gasteiger partial charge on any atom is 0.239 e. The molecular weight excluding hydrogens is 384 g/mol. The molecule has 2 aliphatic heterocycles. The molecule has 2 aliphatic rings. The molecule has 162 valence electrons. The number of hydrogen-bond donors (Lipinski definition) is 1. The zero-order chi connectivity index (χ0) is 20.6. The predicted molar refractivity (Wildman–Crippen MR) is 122 cm³/mol. The number of carbonyl (C=O) groups excluding carboxylic acids is 1. The van der Waals surface area contributed by atoms with Crippen LogP contribution in [0.15, 0.2) is 22.5 Å². The quantitative estimate of drug-likeness (QED) is 0.414. The van der Waals surface area contributed by atoms with Gasteiger partial charge in [-0.3, -0.25) is 14.7 Å². The van der Waals surface area contributed by atoms with Crippen LogP contribution in [-0.2, 0) is 4.79 Å². The first-order chi connectivity index (χ1) is 14.1. The third kappa shape index (κ3) is 5.85. The summed E-state index contributed by atoms with van der Waals surface area (Å²) in [4.78, 5) is 26.1. The van der Waals surface area contributed by atoms with Gasteiger partial charge in [0.2, 0.25) is 5.91 Å². The van der Waals surface area contributed by atoms with Crippen LogP contribution in [0.25, 0.3) is 0 Å². The number of anilines is 1. The maximum absolute atomic E-state index is 12.3. The molecule has 0 aromatic carbocycles. The zero-order valence-electron chi connectivity index (χ0n) is 18.1. The molecule has 1 amide bonds. The highest BCUT2D eigenvalue weighted by Crippen LogP contribution is 2.22. The molecule has 1 unspecified atom stereocenters. The molecule has 3 rings (SSSR count). The van der Waals surface area contributed by atoms with Crippen LogP contribution in [0.2, 0.25) is 0 Å². The highest BCUT2D eigenvalue weighted by molar-refractivity contribution is 7.14. The molecule has 1 atom stereocenters. The summed E-state index contributed by atoms with van der Waals surface area (Å²) < 4.78 is 0. The number of guanidine groups is 1. The number of hydrogen-bond acceptors (Lipinski definition) is 5. The second kappa shape index (κ2) is 10.8. The summed E-state index contributed by atoms with van der Waals surface area (Å²) in [6.07, 6.45) is 3.09. The van der Waals surface area contributed by atoms with Gasteiger partial charge in [0, 0.05) is 59.9 Å². The average Bonchev–Trinajstić information content (AvgIpc) is 3.42. The monoisotopic (exact) mass is 420 g/mol. The number of aliphatic imine (C=N–C) groups is 1. The van der Waals surface area contributed by atoms with E-state index in [0.29, 0.717) is 0 Å². The third-order valence-corrected chi connectivity index (χ3v) is 6.62. The number of rotatable bonds is 7. The van der Waals surface area contributed by atoms with Crippen LogP contribution in [-0.4, -0.2) is 99.1 Å². The van der Waals surface area contributed by atoms with E-state index in [1.807, 2.05) is 25.4 Å². The van der Waals surface area contributed by atoms with E-state index in [4.69, 9.17) is 4.99 Å². The number of thiophene rings is 1. The average molecular weight is 421 g/mol. The van der Waals surface area contributed by atoms with E-state index in [2.05, 4.69) is 44.5 Å². The number of nitrogens with one attached hydrogen (secondary N) is 1. The Bertz CT molecular complexity index is 654. The van der Waals surface area contributed by atoms with E-state index in [-0.39, 0.29) is 11.9 Å². The Morgan fingerprint density at radius 1 is 1.28 bits per heavy atom. The molecule has 2 fully saturated rings. The van der Waals surface area contributed by atoms with Crippen molar-refractivity contribution in [2.75, 3.05) is 71.4 Å². The molecule has 1 aromatic rings. The van der Waals surface area contributed by atoms with Crippen molar-refractivity contribution < 1.29 is 4.79 Å². The van der Waals surface area contributed by atoms with Crippen LogP contribution in [0.4, 0.5) is 5.00 Å². The van der Waals surface area contributed by atoms with Crippen molar-refractivity contribution in [1.82, 2.24) is 20.0 Å². The number of carbonyl (C=O) groups is 1. The Morgan fingerprint density at radius 3 is 2.72 bits per heavy atom. The SMILES string of the molecule is CCNC(=NCCCN1CCCC1C(=O)N(C)C)N1CCN(c2cccs2)CC1. The fourth-order valence-corrected chi connectivity index (χ4v) is 4.93. The smallest absolute Gasteiger partial charge is 0.239 e. The van der Waals surface area contributed by atoms with Gasteiger partial charge < -0.3 is 20.0 Å². The lowest BCUT2D eigenvalue weighted by Crippen LogP contribution is -2.52. The lowest BCUT2D eigenvalue weighted by molar-refractivity contribution is -0.133. The number of piperazine rings is 1. The summed E-state index contributed by atoms with van der Waals surface area (Å²) in [6, 6.07) is 4.38. The van der Waals surface area contributed by atoms with E-state index in [1.54, 1.807) is 4.90 Å². The minimum absolute atomic E-state index is 0.0625. The minimum Gasteiger partial charge on any atom is -0.360 e. The third-order valence-electron chi connectivity index (χ3n) is 5.69. The van der Waals surface area contributed by atoms with Gasteiger partial charge in [-0.05, 0) is 50.2 Å². The van der Waals surface area contributed by atoms with Crippen molar-refractivity contribution in [3.63, 3.8) is 0 Å². The molecule has 0 radical (unpaired) electrons. The van der Waals surface area contributed by atoms with Crippen molar-refractivity contribution in [2.45, 2.75) is 32.2 Å². The van der Waals surface area contributed by atoms with Crippen LogP contribution in [0.3, 0.4) is 0 Å². The van der Waals surface area contributed by atoms with Gasteiger partial charge in [0.15, 0.2) is 5.96 Å². The topological polar surface area (TPSA) is 54.4 Å². The van der Waals surface area contributed by atoms with Crippen LogP contribution < -0.4 is 10.2 Å². The first-order valence-corrected chi connectivity index (χ1v) is 11.7. The fraction of sp³-hybridized carbons (Fsp3) is 0.714. The van der Waals surface area contributed by atoms with Crippen LogP contribution in [0.1, 0.15) is 26.2 Å². The molecular formula is C21H36N6OS. The lowest BCUT2D eigenvalue weighted by Gasteiger charge is -2.37. The van der Waals surface area contributed by atoms with E-state index in [0.717, 1.165) is 77.6 Å². The largest absolute Gasteiger partial charge is 0.360 e. The van der Waals surface area contributed by atoms with Gasteiger partial charge in [-0.15, -0.1) is 11.3 Å². The summed E-state index contributed by atoms with van der Waals surface area (Å²) >= 11 is 1.81. The van der Waals surface area contributed by atoms with Crippen LogP contribution in [0.5, 0.6) is 0 Å². The van der Waals surface area contributed by atoms with E-state index in [1.165, 1.54) is 5.00 Å². The summed E-state index contributed by atoms with van der Waals surface area (Å²) in [6.45, 7) is 9.84. The standard InChI is InChI=1S/C21H36N6OS/c1-4-22-21(27-15-13-26(14-16-27)19-9-6-17-29-19)23-10-7-12-25-11-5-8-18(25)20(28)24(2)3/h6,9,17-18H,4-5,7-8,10-16H2,1-3H3,(H,22,23). The molecule has 29 heavy (non-hydrogen) atoms. The van der Waals surface area contributed by atoms with E-state index < -0.39 is 0 Å². The van der Waals surface area contributed by atoms with Crippen molar-refractivity contribution in [3.05, 3.63) is 17.5 Å². The lowest BCUT2D eigenvalue weighted by atomic mass is 10.2. The second-order valence-electron chi connectivity index (χ2n) is 7.94. The Morgan fingerprint density at radius 2 is 2.07 bits per heavy atom. The molecule has 1 aromatic heterocycles. The summed E-state index contributed by atoms with van der Waals surface area (Å²) in [5.41, 5.74) is 0. The van der Waals surface area contributed by atoms with Crippen LogP contribution >= 0.6 is 11.3 Å². The highest BCUT2D eigenvalue weighted by atomic mass is 32.1. The molecule has 0 aliphatic carbocycles. The molecule has 3 heterocycles. The van der Waals surface area contributed by atoms with Gasteiger partial charge in [-0.1, -0.05) is 0 Å². The zero-order valence-corrected chi connectivity index (χ0v) is 19.0. The summed E-state index contributed by atoms with van der Waals surface area (Å²) in [7, 11) is 3.70. The molecule has 2 saturated heterocycles. The van der Waals surface area contributed by atoms with Gasteiger partial charge in [0.25, 0.3) is 0 Å². The minimum atomic E-state index is 0.0625. The predicted octanol–water partition coefficient (Wildman–Crippen LogP) is 1.78. The number of nitrogens with zero attached hydrogens (tertiary/aromatic N) is 5. The van der Waals surface area contributed by atoms with Gasteiger partial charge in [-0.2, -0.15) is 0 Å². The van der Waals surface area contributed by atoms with Gasteiger partial charge in [0.1, 0.15) is 0 Å². The highest BCUT2D eigenvalue weighted by Gasteiger charge is 2.31. The Balaban J connectivity index is 1.46. The van der Waals surface area contributed by atoms with Crippen molar-refractivity contribution >= 4 is 28.2 Å². The second-order valence-corrected chi connectivity index (χ2v) is 8.87. The summed E-state index contributed by atoms with van der Waals surface area (Å²) in [5.74, 6) is 1.27. The van der Waals surface area contributed by atoms with E-state index >= 15 is 0 Å². The van der Waals surface area contributed by atoms with Crippen molar-refractivity contribution in [2.24, 2.45) is 4.99 Å². The molecule has 0 saturated carbocycles. The number of likely N-dealkylation sites (tertiary alicyclic amines) is 1. The van der Waals surface area contributed by atoms with Crippen molar-refractivity contribution in [1.29, 1.82) is 0 Å². The Kier molecular flexibility index (Phi) is 8.18. The molecule has 0 bridgehead atoms. The van der Waals surface area contributed by atoms with E-state index in [9.17, 15) is 4.79 Å². The normalized spacial score (nSPS) is 20.9. The number of amides is 1. The molecule has 8 heteroatoms. The molecule has 1 N–H and O–H groups in total. The maximum atomic E-state index is 12.3. The summed E-state index contributed by atoms with van der Waals surface area (Å²) in [5, 5.41) is 6.96. The van der Waals surface area contributed by atoms with Gasteiger partial charge in [0.05, 0.1) is 11.0 Å². The number of likely N-dealkylation sites (N-methyl/N-ethyl adjacent to an activating group) is 1. The Hall–Kier alpha value is -1.80. The Labute approximate surface area is 179 Å². The molecule has 7 nitrogen and oxygen atoms in total. The fourth-order valence-electron chi connectivity index (χ4n) is 4.14. The van der Waals surface area contributed by atoms with Gasteiger partial charge >= 0.3 is 0 Å². The van der Waals surface area contributed by atoms with Crippen LogP contribution in [0, 0.1) is 0 Å². The first-order valence-electron chi connectivity index (χ1n) is 10.9.